The van der Waals surface area contributed by atoms with Crippen LogP contribution in [0.4, 0.5) is 0 Å². The molecule has 3 rings (SSSR count). The quantitative estimate of drug-likeness (QED) is 0.736. The number of nitrogens with one attached hydrogen (secondary N) is 1. The van der Waals surface area contributed by atoms with Crippen LogP contribution in [-0.2, 0) is 4.79 Å². The van der Waals surface area contributed by atoms with Gasteiger partial charge < -0.3 is 9.84 Å². The Kier molecular flexibility index (Phi) is 6.13. The maximum atomic E-state index is 12.8. The molecule has 1 heterocycles. The van der Waals surface area contributed by atoms with Gasteiger partial charge in [-0.3, -0.25) is 4.79 Å². The maximum absolute atomic E-state index is 12.8. The molecule has 0 aliphatic heterocycles. The molecule has 0 saturated heterocycles. The number of carbonyl (C=O) groups is 1. The molecule has 2 aliphatic carbocycles. The van der Waals surface area contributed by atoms with E-state index in [1.807, 2.05) is 0 Å². The third kappa shape index (κ3) is 4.83. The lowest BCUT2D eigenvalue weighted by Crippen LogP contribution is -2.38. The first-order valence-corrected chi connectivity index (χ1v) is 10.2. The van der Waals surface area contributed by atoms with Gasteiger partial charge in [-0.15, -0.1) is 0 Å². The third-order valence-corrected chi connectivity index (χ3v) is 5.81. The molecule has 1 aromatic heterocycles. The fourth-order valence-electron chi connectivity index (χ4n) is 3.87. The van der Waals surface area contributed by atoms with E-state index in [2.05, 4.69) is 36.2 Å². The van der Waals surface area contributed by atoms with Crippen molar-refractivity contribution in [2.24, 2.45) is 17.8 Å². The van der Waals surface area contributed by atoms with Gasteiger partial charge in [-0.25, -0.2) is 0 Å². The van der Waals surface area contributed by atoms with Crippen LogP contribution in [0.25, 0.3) is 0 Å². The molecule has 1 unspecified atom stereocenters. The van der Waals surface area contributed by atoms with Crippen molar-refractivity contribution in [1.29, 1.82) is 0 Å². The topological polar surface area (TPSA) is 68.0 Å². The lowest BCUT2D eigenvalue weighted by Gasteiger charge is -2.29. The van der Waals surface area contributed by atoms with Crippen molar-refractivity contribution in [3.63, 3.8) is 0 Å². The van der Waals surface area contributed by atoms with Crippen LogP contribution < -0.4 is 5.32 Å². The normalized spacial score (nSPS) is 25.1. The summed E-state index contributed by atoms with van der Waals surface area (Å²) >= 11 is 0. The van der Waals surface area contributed by atoms with E-state index in [4.69, 9.17) is 4.52 Å². The summed E-state index contributed by atoms with van der Waals surface area (Å²) in [6.07, 6.45) is 10.6. The largest absolute Gasteiger partial charge is 0.344 e. The van der Waals surface area contributed by atoms with E-state index >= 15 is 0 Å². The lowest BCUT2D eigenvalue weighted by atomic mass is 9.79. The summed E-state index contributed by atoms with van der Waals surface area (Å²) in [5.41, 5.74) is 0. The number of hydrogen-bond donors (Lipinski definition) is 1. The number of carbonyl (C=O) groups excluding carboxylic acids is 1. The van der Waals surface area contributed by atoms with Crippen LogP contribution in [0.2, 0.25) is 0 Å². The van der Waals surface area contributed by atoms with Crippen LogP contribution >= 0.6 is 0 Å². The molecular weight excluding hydrogens is 314 g/mol. The van der Waals surface area contributed by atoms with Gasteiger partial charge in [0.1, 0.15) is 6.04 Å². The zero-order valence-corrected chi connectivity index (χ0v) is 16.0. The highest BCUT2D eigenvalue weighted by atomic mass is 16.5. The average molecular weight is 348 g/mol. The van der Waals surface area contributed by atoms with Gasteiger partial charge in [0.2, 0.25) is 11.8 Å². The smallest absolute Gasteiger partial charge is 0.249 e. The van der Waals surface area contributed by atoms with Crippen LogP contribution in [0.15, 0.2) is 4.52 Å². The summed E-state index contributed by atoms with van der Waals surface area (Å²) in [4.78, 5) is 17.3. The van der Waals surface area contributed by atoms with Gasteiger partial charge in [-0.1, -0.05) is 45.2 Å². The molecule has 1 amide bonds. The van der Waals surface area contributed by atoms with Crippen molar-refractivity contribution in [3.05, 3.63) is 11.7 Å². The number of nitrogens with zero attached hydrogens (tertiary/aromatic N) is 2. The molecule has 0 spiro atoms. The van der Waals surface area contributed by atoms with Gasteiger partial charge in [-0.05, 0) is 50.4 Å². The van der Waals surface area contributed by atoms with Crippen LogP contribution in [0.1, 0.15) is 102 Å². The Balaban J connectivity index is 1.54. The molecule has 0 bridgehead atoms. The van der Waals surface area contributed by atoms with Crippen LogP contribution in [-0.4, -0.2) is 16.0 Å². The Morgan fingerprint density at radius 2 is 1.92 bits per heavy atom. The Labute approximate surface area is 151 Å². The number of unbranched alkanes of at least 4 members (excludes halogenated alkanes) is 1. The van der Waals surface area contributed by atoms with Gasteiger partial charge in [-0.2, -0.15) is 4.98 Å². The van der Waals surface area contributed by atoms with Gasteiger partial charge in [0.25, 0.3) is 0 Å². The van der Waals surface area contributed by atoms with E-state index in [0.29, 0.717) is 11.8 Å². The molecule has 140 valence electrons. The van der Waals surface area contributed by atoms with E-state index in [9.17, 15) is 4.79 Å². The van der Waals surface area contributed by atoms with Gasteiger partial charge in [0, 0.05) is 11.8 Å². The van der Waals surface area contributed by atoms with Crippen LogP contribution in [0.5, 0.6) is 0 Å². The van der Waals surface area contributed by atoms with E-state index in [0.717, 1.165) is 37.4 Å². The number of rotatable bonds is 8. The number of aromatic nitrogens is 2. The minimum Gasteiger partial charge on any atom is -0.344 e. The van der Waals surface area contributed by atoms with Crippen LogP contribution in [0.3, 0.4) is 0 Å². The second-order valence-corrected chi connectivity index (χ2v) is 8.36. The van der Waals surface area contributed by atoms with Crippen molar-refractivity contribution in [3.8, 4) is 0 Å². The Hall–Kier alpha value is -1.39. The second-order valence-electron chi connectivity index (χ2n) is 8.36. The third-order valence-electron chi connectivity index (χ3n) is 5.81. The first-order chi connectivity index (χ1) is 12.1. The SMILES string of the molecule is CCCCC1CCC(C(=O)NC(c2nc(C3CC3)no2)C(C)C)CC1. The van der Waals surface area contributed by atoms with Gasteiger partial charge >= 0.3 is 0 Å². The minimum absolute atomic E-state index is 0.143. The fourth-order valence-corrected chi connectivity index (χ4v) is 3.87. The molecule has 2 aliphatic rings. The van der Waals surface area contributed by atoms with E-state index in [-0.39, 0.29) is 23.8 Å². The van der Waals surface area contributed by atoms with Gasteiger partial charge in [0.15, 0.2) is 5.82 Å². The summed E-state index contributed by atoms with van der Waals surface area (Å²) in [5, 5.41) is 7.30. The summed E-state index contributed by atoms with van der Waals surface area (Å²) in [6, 6.07) is -0.176. The second kappa shape index (κ2) is 8.33. The maximum Gasteiger partial charge on any atom is 0.249 e. The Bertz CT molecular complexity index is 557. The van der Waals surface area contributed by atoms with Crippen molar-refractivity contribution in [2.45, 2.75) is 90.5 Å². The molecule has 1 atom stereocenters. The first kappa shape index (κ1) is 18.4. The molecule has 2 fully saturated rings. The van der Waals surface area contributed by atoms with E-state index in [1.54, 1.807) is 0 Å². The van der Waals surface area contributed by atoms with E-state index < -0.39 is 0 Å². The standard InChI is InChI=1S/C20H33N3O2/c1-4-5-6-14-7-9-16(10-8-14)19(24)21-17(13(2)3)20-22-18(23-25-20)15-11-12-15/h13-17H,4-12H2,1-3H3,(H,21,24). The predicted molar refractivity (Wildman–Crippen MR) is 97.0 cm³/mol. The molecule has 2 saturated carbocycles. The van der Waals surface area contributed by atoms with Crippen molar-refractivity contribution in [2.75, 3.05) is 0 Å². The molecule has 5 nitrogen and oxygen atoms in total. The molecule has 25 heavy (non-hydrogen) atoms. The number of hydrogen-bond acceptors (Lipinski definition) is 4. The summed E-state index contributed by atoms with van der Waals surface area (Å²) in [6.45, 7) is 6.43. The van der Waals surface area contributed by atoms with Crippen molar-refractivity contribution < 1.29 is 9.32 Å². The van der Waals surface area contributed by atoms with E-state index in [1.165, 1.54) is 32.1 Å². The average Bonchev–Trinajstić information content (AvgIpc) is 3.35. The van der Waals surface area contributed by atoms with Crippen molar-refractivity contribution >= 4 is 5.91 Å². The molecule has 5 heteroatoms. The summed E-state index contributed by atoms with van der Waals surface area (Å²) < 4.78 is 5.46. The molecule has 1 aromatic rings. The minimum atomic E-state index is -0.176. The van der Waals surface area contributed by atoms with Gasteiger partial charge in [0.05, 0.1) is 0 Å². The zero-order valence-electron chi connectivity index (χ0n) is 16.0. The lowest BCUT2D eigenvalue weighted by molar-refractivity contribution is -0.127. The predicted octanol–water partition coefficient (Wildman–Crippen LogP) is 4.76. The van der Waals surface area contributed by atoms with Crippen molar-refractivity contribution in [1.82, 2.24) is 15.5 Å². The number of amides is 1. The highest BCUT2D eigenvalue weighted by Gasteiger charge is 2.33. The Morgan fingerprint density at radius 1 is 1.20 bits per heavy atom. The highest BCUT2D eigenvalue weighted by Crippen LogP contribution is 2.39. The zero-order chi connectivity index (χ0) is 17.8. The molecule has 0 radical (unpaired) electrons. The fraction of sp³-hybridized carbons (Fsp3) is 0.850. The molecular formula is C20H33N3O2. The highest BCUT2D eigenvalue weighted by molar-refractivity contribution is 5.79. The first-order valence-electron chi connectivity index (χ1n) is 10.2. The summed E-state index contributed by atoms with van der Waals surface area (Å²) in [5.74, 6) is 3.22. The monoisotopic (exact) mass is 347 g/mol. The Morgan fingerprint density at radius 3 is 2.52 bits per heavy atom. The summed E-state index contributed by atoms with van der Waals surface area (Å²) in [7, 11) is 0. The molecule has 1 N–H and O–H groups in total. The van der Waals surface area contributed by atoms with Crippen LogP contribution in [0, 0.1) is 17.8 Å². The molecule has 0 aromatic carbocycles.